The monoisotopic (exact) mass is 370 g/mol. The van der Waals surface area contributed by atoms with Crippen LogP contribution in [0.15, 0.2) is 82.8 Å². The van der Waals surface area contributed by atoms with E-state index < -0.39 is 0 Å². The van der Waals surface area contributed by atoms with Crippen molar-refractivity contribution in [2.24, 2.45) is 0 Å². The van der Waals surface area contributed by atoms with Gasteiger partial charge in [-0.25, -0.2) is 4.98 Å². The van der Waals surface area contributed by atoms with E-state index in [1.165, 1.54) is 11.3 Å². The van der Waals surface area contributed by atoms with Gasteiger partial charge in [-0.15, -0.1) is 11.3 Å². The Bertz CT molecular complexity index is 1090. The first kappa shape index (κ1) is 16.8. The predicted octanol–water partition coefficient (Wildman–Crippen LogP) is 6.26. The summed E-state index contributed by atoms with van der Waals surface area (Å²) in [6, 6.07) is 23.1. The number of nitrogens with zero attached hydrogens (tertiary/aromatic N) is 2. The molecule has 5 heteroatoms. The third-order valence-corrected chi connectivity index (χ3v) is 4.69. The number of rotatable bonds is 5. The van der Waals surface area contributed by atoms with Gasteiger partial charge in [0.1, 0.15) is 28.3 Å². The highest BCUT2D eigenvalue weighted by molar-refractivity contribution is 7.11. The lowest BCUT2D eigenvalue weighted by atomic mass is 10.1. The fourth-order valence-electron chi connectivity index (χ4n) is 2.51. The number of ether oxygens (including phenoxy) is 1. The zero-order chi connectivity index (χ0) is 18.5. The molecule has 27 heavy (non-hydrogen) atoms. The third kappa shape index (κ3) is 3.97. The molecule has 2 aromatic carbocycles. The molecule has 0 radical (unpaired) electrons. The van der Waals surface area contributed by atoms with E-state index >= 15 is 0 Å². The van der Waals surface area contributed by atoms with Gasteiger partial charge in [-0.3, -0.25) is 0 Å². The van der Waals surface area contributed by atoms with Crippen molar-refractivity contribution >= 4 is 23.0 Å². The molecule has 0 amide bonds. The van der Waals surface area contributed by atoms with E-state index in [1.807, 2.05) is 60.0 Å². The average Bonchev–Trinajstić information content (AvgIpc) is 3.40. The van der Waals surface area contributed by atoms with Crippen LogP contribution in [0.25, 0.3) is 22.9 Å². The maximum absolute atomic E-state index is 9.42. The Balaban J connectivity index is 1.54. The number of aromatic nitrogens is 1. The predicted molar refractivity (Wildman–Crippen MR) is 106 cm³/mol. The Morgan fingerprint density at radius 3 is 2.48 bits per heavy atom. The van der Waals surface area contributed by atoms with Gasteiger partial charge in [-0.2, -0.15) is 5.26 Å². The molecule has 0 aliphatic heterocycles. The zero-order valence-corrected chi connectivity index (χ0v) is 15.0. The molecular weight excluding hydrogens is 356 g/mol. The lowest BCUT2D eigenvalue weighted by Gasteiger charge is -2.05. The van der Waals surface area contributed by atoms with E-state index in [0.29, 0.717) is 16.3 Å². The third-order valence-electron chi connectivity index (χ3n) is 3.81. The van der Waals surface area contributed by atoms with Gasteiger partial charge in [0.05, 0.1) is 17.5 Å². The van der Waals surface area contributed by atoms with E-state index in [4.69, 9.17) is 9.15 Å². The Morgan fingerprint density at radius 1 is 1.00 bits per heavy atom. The standard InChI is InChI=1S/C22H14N2O2S/c23-14-17(13-20-7-4-12-25-20)22-24-21(15-27-22)16-8-10-19(11-9-16)26-18-5-2-1-3-6-18/h1-13,15H. The van der Waals surface area contributed by atoms with Crippen molar-refractivity contribution in [3.63, 3.8) is 0 Å². The Kier molecular flexibility index (Phi) is 4.82. The number of hydrogen-bond acceptors (Lipinski definition) is 5. The minimum atomic E-state index is 0.477. The van der Waals surface area contributed by atoms with Crippen LogP contribution >= 0.6 is 11.3 Å². The van der Waals surface area contributed by atoms with Crippen molar-refractivity contribution in [3.05, 3.63) is 89.1 Å². The summed E-state index contributed by atoms with van der Waals surface area (Å²) in [5.41, 5.74) is 2.26. The molecule has 0 saturated heterocycles. The van der Waals surface area contributed by atoms with Crippen LogP contribution in [0.1, 0.15) is 10.8 Å². The number of hydrogen-bond donors (Lipinski definition) is 0. The van der Waals surface area contributed by atoms with Crippen molar-refractivity contribution in [1.29, 1.82) is 5.26 Å². The van der Waals surface area contributed by atoms with Crippen LogP contribution in [0.5, 0.6) is 11.5 Å². The minimum absolute atomic E-state index is 0.477. The van der Waals surface area contributed by atoms with Crippen LogP contribution in [0.4, 0.5) is 0 Å². The van der Waals surface area contributed by atoms with E-state index in [2.05, 4.69) is 11.1 Å². The number of para-hydroxylation sites is 1. The summed E-state index contributed by atoms with van der Waals surface area (Å²) in [7, 11) is 0. The summed E-state index contributed by atoms with van der Waals surface area (Å²) in [6.45, 7) is 0. The maximum atomic E-state index is 9.42. The summed E-state index contributed by atoms with van der Waals surface area (Å²) in [6.07, 6.45) is 3.27. The summed E-state index contributed by atoms with van der Waals surface area (Å²) in [5.74, 6) is 2.18. The van der Waals surface area contributed by atoms with Crippen molar-refractivity contribution in [2.45, 2.75) is 0 Å². The maximum Gasteiger partial charge on any atom is 0.134 e. The van der Waals surface area contributed by atoms with Crippen LogP contribution < -0.4 is 4.74 Å². The van der Waals surface area contributed by atoms with E-state index in [0.717, 1.165) is 22.8 Å². The van der Waals surface area contributed by atoms with E-state index in [9.17, 15) is 5.26 Å². The van der Waals surface area contributed by atoms with Gasteiger partial charge in [-0.1, -0.05) is 18.2 Å². The number of allylic oxidation sites excluding steroid dienone is 1. The first-order valence-electron chi connectivity index (χ1n) is 8.26. The van der Waals surface area contributed by atoms with Gasteiger partial charge >= 0.3 is 0 Å². The normalized spacial score (nSPS) is 11.1. The number of benzene rings is 2. The molecule has 4 nitrogen and oxygen atoms in total. The molecular formula is C22H14N2O2S. The van der Waals surface area contributed by atoms with Crippen LogP contribution in [-0.2, 0) is 0 Å². The van der Waals surface area contributed by atoms with Gasteiger partial charge in [0, 0.05) is 17.0 Å². The SMILES string of the molecule is N#CC(=Cc1ccco1)c1nc(-c2ccc(Oc3ccccc3)cc2)cs1. The van der Waals surface area contributed by atoms with E-state index in [-0.39, 0.29) is 0 Å². The highest BCUT2D eigenvalue weighted by atomic mass is 32.1. The number of furan rings is 1. The molecule has 0 unspecified atom stereocenters. The average molecular weight is 370 g/mol. The highest BCUT2D eigenvalue weighted by Crippen LogP contribution is 2.29. The number of nitriles is 1. The molecule has 2 heterocycles. The Labute approximate surface area is 160 Å². The minimum Gasteiger partial charge on any atom is -0.465 e. The second-order valence-electron chi connectivity index (χ2n) is 5.66. The van der Waals surface area contributed by atoms with Gasteiger partial charge in [-0.05, 0) is 48.5 Å². The van der Waals surface area contributed by atoms with Crippen LogP contribution in [-0.4, -0.2) is 4.98 Å². The second-order valence-corrected chi connectivity index (χ2v) is 6.52. The topological polar surface area (TPSA) is 59.0 Å². The summed E-state index contributed by atoms with van der Waals surface area (Å²) >= 11 is 1.43. The molecule has 0 N–H and O–H groups in total. The van der Waals surface area contributed by atoms with Crippen molar-refractivity contribution in [1.82, 2.24) is 4.98 Å². The summed E-state index contributed by atoms with van der Waals surface area (Å²) in [5, 5.41) is 12.0. The van der Waals surface area contributed by atoms with Crippen molar-refractivity contribution in [2.75, 3.05) is 0 Å². The molecule has 0 aliphatic carbocycles. The summed E-state index contributed by atoms with van der Waals surface area (Å²) in [4.78, 5) is 4.59. The van der Waals surface area contributed by atoms with Crippen molar-refractivity contribution < 1.29 is 9.15 Å². The van der Waals surface area contributed by atoms with Crippen LogP contribution in [0, 0.1) is 11.3 Å². The Hall–Kier alpha value is -3.62. The zero-order valence-electron chi connectivity index (χ0n) is 14.2. The molecule has 2 aromatic heterocycles. The smallest absolute Gasteiger partial charge is 0.134 e. The lowest BCUT2D eigenvalue weighted by Crippen LogP contribution is -1.85. The van der Waals surface area contributed by atoms with Gasteiger partial charge in [0.15, 0.2) is 0 Å². The molecule has 130 valence electrons. The fraction of sp³-hybridized carbons (Fsp3) is 0. The van der Waals surface area contributed by atoms with Crippen molar-refractivity contribution in [3.8, 4) is 28.8 Å². The quantitative estimate of drug-likeness (QED) is 0.389. The summed E-state index contributed by atoms with van der Waals surface area (Å²) < 4.78 is 11.1. The van der Waals surface area contributed by atoms with Crippen LogP contribution in [0.3, 0.4) is 0 Å². The molecule has 4 aromatic rings. The lowest BCUT2D eigenvalue weighted by molar-refractivity contribution is 0.483. The molecule has 4 rings (SSSR count). The van der Waals surface area contributed by atoms with Gasteiger partial charge in [0.25, 0.3) is 0 Å². The highest BCUT2D eigenvalue weighted by Gasteiger charge is 2.10. The molecule has 0 fully saturated rings. The molecule has 0 aliphatic rings. The van der Waals surface area contributed by atoms with Gasteiger partial charge < -0.3 is 9.15 Å². The number of thiazole rings is 1. The molecule has 0 atom stereocenters. The fourth-order valence-corrected chi connectivity index (χ4v) is 3.30. The Morgan fingerprint density at radius 2 is 1.78 bits per heavy atom. The first-order valence-corrected chi connectivity index (χ1v) is 9.14. The second kappa shape index (κ2) is 7.73. The van der Waals surface area contributed by atoms with Gasteiger partial charge in [0.2, 0.25) is 0 Å². The largest absolute Gasteiger partial charge is 0.465 e. The molecule has 0 bridgehead atoms. The first-order chi connectivity index (χ1) is 13.3. The molecule has 0 saturated carbocycles. The molecule has 0 spiro atoms. The van der Waals surface area contributed by atoms with Crippen LogP contribution in [0.2, 0.25) is 0 Å². The van der Waals surface area contributed by atoms with E-state index in [1.54, 1.807) is 24.5 Å².